The minimum Gasteiger partial charge on any atom is -0.445 e. The van der Waals surface area contributed by atoms with Gasteiger partial charge in [-0.3, -0.25) is 0 Å². The van der Waals surface area contributed by atoms with Gasteiger partial charge in [0.15, 0.2) is 0 Å². The fourth-order valence-electron chi connectivity index (χ4n) is 2.16. The van der Waals surface area contributed by atoms with E-state index in [2.05, 4.69) is 5.92 Å². The number of benzene rings is 1. The van der Waals surface area contributed by atoms with Crippen molar-refractivity contribution in [2.45, 2.75) is 25.0 Å². The van der Waals surface area contributed by atoms with E-state index in [0.717, 1.165) is 5.56 Å². The molecule has 1 aromatic rings. The standard InChI is InChI=1S/C15H17NO3/c1-2-8-15(18)9-10-16(12-15)14(17)19-11-13-6-4-3-5-7-13/h1,3-7,18H,8-12H2. The van der Waals surface area contributed by atoms with E-state index >= 15 is 0 Å². The second kappa shape index (κ2) is 5.77. The van der Waals surface area contributed by atoms with Crippen molar-refractivity contribution in [2.75, 3.05) is 13.1 Å². The summed E-state index contributed by atoms with van der Waals surface area (Å²) in [5, 5.41) is 10.1. The quantitative estimate of drug-likeness (QED) is 0.842. The predicted molar refractivity (Wildman–Crippen MR) is 71.2 cm³/mol. The number of hydrogen-bond acceptors (Lipinski definition) is 3. The summed E-state index contributed by atoms with van der Waals surface area (Å²) in [6.45, 7) is 0.959. The van der Waals surface area contributed by atoms with Crippen molar-refractivity contribution in [1.29, 1.82) is 0 Å². The van der Waals surface area contributed by atoms with E-state index in [0.29, 0.717) is 13.0 Å². The molecule has 4 heteroatoms. The van der Waals surface area contributed by atoms with Gasteiger partial charge in [0.05, 0.1) is 12.1 Å². The highest BCUT2D eigenvalue weighted by atomic mass is 16.6. The molecule has 0 saturated carbocycles. The molecular formula is C15H17NO3. The second-order valence-corrected chi connectivity index (χ2v) is 4.82. The molecule has 2 rings (SSSR count). The third-order valence-electron chi connectivity index (χ3n) is 3.23. The molecule has 1 aromatic carbocycles. The van der Waals surface area contributed by atoms with Crippen molar-refractivity contribution in [3.63, 3.8) is 0 Å². The Labute approximate surface area is 113 Å². The molecule has 1 amide bonds. The molecule has 1 N–H and O–H groups in total. The van der Waals surface area contributed by atoms with Crippen molar-refractivity contribution in [3.8, 4) is 12.3 Å². The number of carbonyl (C=O) groups is 1. The molecule has 1 aliphatic heterocycles. The van der Waals surface area contributed by atoms with Crippen LogP contribution in [0.15, 0.2) is 30.3 Å². The number of β-amino-alcohol motifs (C(OH)–C–C–N with tert-alkyl or cyclic N) is 1. The van der Waals surface area contributed by atoms with Gasteiger partial charge in [-0.05, 0) is 12.0 Å². The van der Waals surface area contributed by atoms with Crippen LogP contribution in [0.5, 0.6) is 0 Å². The van der Waals surface area contributed by atoms with Gasteiger partial charge in [0.2, 0.25) is 0 Å². The summed E-state index contributed by atoms with van der Waals surface area (Å²) in [6.07, 6.45) is 5.56. The van der Waals surface area contributed by atoms with Gasteiger partial charge < -0.3 is 14.7 Å². The third-order valence-corrected chi connectivity index (χ3v) is 3.23. The molecule has 4 nitrogen and oxygen atoms in total. The molecule has 1 heterocycles. The molecule has 1 fully saturated rings. The first-order chi connectivity index (χ1) is 9.13. The van der Waals surface area contributed by atoms with Crippen LogP contribution < -0.4 is 0 Å². The Morgan fingerprint density at radius 2 is 2.21 bits per heavy atom. The lowest BCUT2D eigenvalue weighted by Gasteiger charge is -2.20. The number of likely N-dealkylation sites (tertiary alicyclic amines) is 1. The Morgan fingerprint density at radius 3 is 2.89 bits per heavy atom. The Morgan fingerprint density at radius 1 is 1.47 bits per heavy atom. The minimum atomic E-state index is -0.958. The molecule has 0 aliphatic carbocycles. The van der Waals surface area contributed by atoms with Gasteiger partial charge in [0.25, 0.3) is 0 Å². The molecule has 0 radical (unpaired) electrons. The molecule has 100 valence electrons. The third kappa shape index (κ3) is 3.49. The zero-order valence-electron chi connectivity index (χ0n) is 10.7. The van der Waals surface area contributed by atoms with Crippen LogP contribution in [-0.4, -0.2) is 34.8 Å². The molecule has 0 spiro atoms. The first-order valence-electron chi connectivity index (χ1n) is 6.24. The summed E-state index contributed by atoms with van der Waals surface area (Å²) < 4.78 is 5.21. The number of amides is 1. The molecule has 1 saturated heterocycles. The maximum Gasteiger partial charge on any atom is 0.410 e. The Balaban J connectivity index is 1.84. The van der Waals surface area contributed by atoms with Crippen LogP contribution in [0.3, 0.4) is 0 Å². The Kier molecular flexibility index (Phi) is 4.08. The van der Waals surface area contributed by atoms with Crippen LogP contribution in [0.2, 0.25) is 0 Å². The van der Waals surface area contributed by atoms with Gasteiger partial charge >= 0.3 is 6.09 Å². The maximum atomic E-state index is 11.9. The van der Waals surface area contributed by atoms with Gasteiger partial charge in [0, 0.05) is 13.0 Å². The van der Waals surface area contributed by atoms with Gasteiger partial charge in [0.1, 0.15) is 6.61 Å². The monoisotopic (exact) mass is 259 g/mol. The van der Waals surface area contributed by atoms with E-state index in [1.165, 1.54) is 4.90 Å². The molecule has 1 unspecified atom stereocenters. The lowest BCUT2D eigenvalue weighted by atomic mass is 10.00. The topological polar surface area (TPSA) is 49.8 Å². The van der Waals surface area contributed by atoms with Crippen molar-refractivity contribution in [3.05, 3.63) is 35.9 Å². The molecule has 19 heavy (non-hydrogen) atoms. The maximum absolute atomic E-state index is 11.9. The van der Waals surface area contributed by atoms with Gasteiger partial charge in [-0.2, -0.15) is 0 Å². The number of rotatable bonds is 3. The number of ether oxygens (including phenoxy) is 1. The van der Waals surface area contributed by atoms with E-state index in [1.807, 2.05) is 30.3 Å². The second-order valence-electron chi connectivity index (χ2n) is 4.82. The summed E-state index contributed by atoms with van der Waals surface area (Å²) in [7, 11) is 0. The largest absolute Gasteiger partial charge is 0.445 e. The normalized spacial score (nSPS) is 22.0. The van der Waals surface area contributed by atoms with E-state index in [9.17, 15) is 9.90 Å². The summed E-state index contributed by atoms with van der Waals surface area (Å²) in [5.74, 6) is 2.44. The number of nitrogens with zero attached hydrogens (tertiary/aromatic N) is 1. The van der Waals surface area contributed by atoms with Crippen LogP contribution in [0.4, 0.5) is 4.79 Å². The van der Waals surface area contributed by atoms with Crippen molar-refractivity contribution in [1.82, 2.24) is 4.90 Å². The van der Waals surface area contributed by atoms with Crippen molar-refractivity contribution in [2.24, 2.45) is 0 Å². The Hall–Kier alpha value is -1.99. The lowest BCUT2D eigenvalue weighted by molar-refractivity contribution is 0.0478. The fraction of sp³-hybridized carbons (Fsp3) is 0.400. The van der Waals surface area contributed by atoms with Crippen LogP contribution in [-0.2, 0) is 11.3 Å². The Bertz CT molecular complexity index is 480. The summed E-state index contributed by atoms with van der Waals surface area (Å²) in [5.41, 5.74) is -0.0190. The van der Waals surface area contributed by atoms with E-state index in [-0.39, 0.29) is 19.6 Å². The average molecular weight is 259 g/mol. The summed E-state index contributed by atoms with van der Waals surface area (Å²) in [4.78, 5) is 13.4. The van der Waals surface area contributed by atoms with Crippen molar-refractivity contribution >= 4 is 6.09 Å². The first kappa shape index (κ1) is 13.4. The number of aliphatic hydroxyl groups is 1. The molecular weight excluding hydrogens is 242 g/mol. The number of hydrogen-bond donors (Lipinski definition) is 1. The van der Waals surface area contributed by atoms with Crippen LogP contribution in [0, 0.1) is 12.3 Å². The van der Waals surface area contributed by atoms with Crippen LogP contribution in [0.25, 0.3) is 0 Å². The smallest absolute Gasteiger partial charge is 0.410 e. The highest BCUT2D eigenvalue weighted by Gasteiger charge is 2.38. The first-order valence-corrected chi connectivity index (χ1v) is 6.24. The highest BCUT2D eigenvalue weighted by molar-refractivity contribution is 5.68. The van der Waals surface area contributed by atoms with E-state index in [1.54, 1.807) is 0 Å². The van der Waals surface area contributed by atoms with Gasteiger partial charge in [-0.15, -0.1) is 12.3 Å². The van der Waals surface area contributed by atoms with Crippen molar-refractivity contribution < 1.29 is 14.6 Å². The fourth-order valence-corrected chi connectivity index (χ4v) is 2.16. The minimum absolute atomic E-state index is 0.240. The van der Waals surface area contributed by atoms with E-state index < -0.39 is 11.7 Å². The van der Waals surface area contributed by atoms with Gasteiger partial charge in [-0.1, -0.05) is 30.3 Å². The zero-order chi connectivity index (χ0) is 13.7. The number of terminal acetylenes is 1. The zero-order valence-corrected chi connectivity index (χ0v) is 10.7. The summed E-state index contributed by atoms with van der Waals surface area (Å²) >= 11 is 0. The molecule has 1 atom stereocenters. The SMILES string of the molecule is C#CCC1(O)CCN(C(=O)OCc2ccccc2)C1. The molecule has 1 aliphatic rings. The lowest BCUT2D eigenvalue weighted by Crippen LogP contribution is -2.36. The highest BCUT2D eigenvalue weighted by Crippen LogP contribution is 2.24. The van der Waals surface area contributed by atoms with Crippen LogP contribution in [0.1, 0.15) is 18.4 Å². The predicted octanol–water partition coefficient (Wildman–Crippen LogP) is 1.78. The van der Waals surface area contributed by atoms with Gasteiger partial charge in [-0.25, -0.2) is 4.79 Å². The molecule has 0 aromatic heterocycles. The average Bonchev–Trinajstić information content (AvgIpc) is 2.80. The summed E-state index contributed by atoms with van der Waals surface area (Å²) in [6, 6.07) is 9.49. The van der Waals surface area contributed by atoms with E-state index in [4.69, 9.17) is 11.2 Å². The number of carbonyl (C=O) groups excluding carboxylic acids is 1. The molecule has 0 bridgehead atoms. The van der Waals surface area contributed by atoms with Crippen LogP contribution >= 0.6 is 0 Å².